The lowest BCUT2D eigenvalue weighted by Gasteiger charge is -2.18. The lowest BCUT2D eigenvalue weighted by Crippen LogP contribution is -2.07. The van der Waals surface area contributed by atoms with Crippen LogP contribution in [0.1, 0.15) is 42.1 Å². The summed E-state index contributed by atoms with van der Waals surface area (Å²) >= 11 is 3.65. The highest BCUT2D eigenvalue weighted by Gasteiger charge is 2.19. The van der Waals surface area contributed by atoms with Gasteiger partial charge in [-0.3, -0.25) is 4.57 Å². The molecule has 1 aromatic carbocycles. The van der Waals surface area contributed by atoms with Crippen LogP contribution in [0, 0.1) is 20.8 Å². The van der Waals surface area contributed by atoms with Crippen molar-refractivity contribution in [2.45, 2.75) is 47.5 Å². The van der Waals surface area contributed by atoms with Gasteiger partial charge in [0.05, 0.1) is 5.69 Å². The summed E-state index contributed by atoms with van der Waals surface area (Å²) in [5, 5.41) is 1.14. The van der Waals surface area contributed by atoms with E-state index in [2.05, 4.69) is 65.3 Å². The third kappa shape index (κ3) is 2.59. The molecule has 0 saturated carbocycles. The van der Waals surface area contributed by atoms with Gasteiger partial charge >= 0.3 is 0 Å². The van der Waals surface area contributed by atoms with Crippen LogP contribution in [0.2, 0.25) is 0 Å². The van der Waals surface area contributed by atoms with Crippen LogP contribution in [0.4, 0.5) is 0 Å². The first-order valence-electron chi connectivity index (χ1n) is 8.10. The van der Waals surface area contributed by atoms with Gasteiger partial charge < -0.3 is 0 Å². The number of aryl methyl sites for hydroxylation is 4. The number of rotatable bonds is 3. The molecule has 0 amide bonds. The molecule has 120 valence electrons. The molecule has 3 rings (SSSR count). The molecule has 4 heteroatoms. The van der Waals surface area contributed by atoms with Crippen molar-refractivity contribution < 1.29 is 0 Å². The highest BCUT2D eigenvalue weighted by Crippen LogP contribution is 2.33. The second-order valence-corrected chi connectivity index (χ2v) is 6.90. The minimum Gasteiger partial charge on any atom is -0.298 e. The van der Waals surface area contributed by atoms with Crippen molar-refractivity contribution in [2.24, 2.45) is 0 Å². The molecular formula is C19H22BrN3. The van der Waals surface area contributed by atoms with Crippen LogP contribution in [0.5, 0.6) is 0 Å². The quantitative estimate of drug-likeness (QED) is 0.630. The van der Waals surface area contributed by atoms with Crippen LogP contribution in [0.3, 0.4) is 0 Å². The summed E-state index contributed by atoms with van der Waals surface area (Å²) in [6, 6.07) is 4.45. The topological polar surface area (TPSA) is 30.7 Å². The third-order valence-corrected chi connectivity index (χ3v) is 5.06. The fourth-order valence-corrected chi connectivity index (χ4v) is 3.78. The molecular weight excluding hydrogens is 350 g/mol. The van der Waals surface area contributed by atoms with Crippen LogP contribution in [0.15, 0.2) is 22.8 Å². The number of hydrogen-bond acceptors (Lipinski definition) is 2. The van der Waals surface area contributed by atoms with Crippen LogP contribution >= 0.6 is 15.9 Å². The van der Waals surface area contributed by atoms with E-state index in [0.717, 1.165) is 34.2 Å². The summed E-state index contributed by atoms with van der Waals surface area (Å²) < 4.78 is 3.47. The number of nitrogens with zero attached hydrogens (tertiary/aromatic N) is 3. The Bertz CT molecular complexity index is 868. The molecule has 0 atom stereocenters. The Kier molecular flexibility index (Phi) is 4.28. The zero-order valence-electron chi connectivity index (χ0n) is 14.4. The maximum Gasteiger partial charge on any atom is 0.148 e. The highest BCUT2D eigenvalue weighted by atomic mass is 79.9. The molecule has 3 aromatic rings. The Labute approximate surface area is 145 Å². The van der Waals surface area contributed by atoms with E-state index in [0.29, 0.717) is 0 Å². The fraction of sp³-hybridized carbons (Fsp3) is 0.368. The van der Waals surface area contributed by atoms with Gasteiger partial charge in [0.2, 0.25) is 0 Å². The first kappa shape index (κ1) is 16.2. The normalized spacial score (nSPS) is 11.4. The van der Waals surface area contributed by atoms with Crippen molar-refractivity contribution in [1.82, 2.24) is 14.5 Å². The van der Waals surface area contributed by atoms with Crippen molar-refractivity contribution in [3.63, 3.8) is 0 Å². The predicted octanol–water partition coefficient (Wildman–Crippen LogP) is 5.23. The van der Waals surface area contributed by atoms with Crippen molar-refractivity contribution in [2.75, 3.05) is 0 Å². The van der Waals surface area contributed by atoms with Gasteiger partial charge in [0.25, 0.3) is 0 Å². The van der Waals surface area contributed by atoms with E-state index in [4.69, 9.17) is 4.98 Å². The molecule has 23 heavy (non-hydrogen) atoms. The van der Waals surface area contributed by atoms with Gasteiger partial charge in [0.1, 0.15) is 11.5 Å². The first-order chi connectivity index (χ1) is 11.0. The monoisotopic (exact) mass is 371 g/mol. The smallest absolute Gasteiger partial charge is 0.148 e. The molecule has 0 aliphatic heterocycles. The van der Waals surface area contributed by atoms with E-state index in [1.807, 2.05) is 13.1 Å². The molecule has 0 fully saturated rings. The first-order valence-corrected chi connectivity index (χ1v) is 8.90. The molecule has 3 nitrogen and oxygen atoms in total. The van der Waals surface area contributed by atoms with Crippen LogP contribution in [0.25, 0.3) is 16.7 Å². The summed E-state index contributed by atoms with van der Waals surface area (Å²) in [5.41, 5.74) is 7.48. The zero-order chi connectivity index (χ0) is 16.7. The maximum atomic E-state index is 4.75. The molecule has 0 N–H and O–H groups in total. The summed E-state index contributed by atoms with van der Waals surface area (Å²) in [7, 11) is 0. The van der Waals surface area contributed by atoms with Gasteiger partial charge in [-0.2, -0.15) is 0 Å². The van der Waals surface area contributed by atoms with E-state index in [9.17, 15) is 0 Å². The summed E-state index contributed by atoms with van der Waals surface area (Å²) in [6.45, 7) is 10.7. The molecule has 2 heterocycles. The molecule has 0 spiro atoms. The highest BCUT2D eigenvalue weighted by molar-refractivity contribution is 9.10. The van der Waals surface area contributed by atoms with E-state index < -0.39 is 0 Å². The fourth-order valence-electron chi connectivity index (χ4n) is 3.23. The van der Waals surface area contributed by atoms with Gasteiger partial charge in [-0.1, -0.05) is 29.8 Å². The van der Waals surface area contributed by atoms with Gasteiger partial charge in [0.15, 0.2) is 0 Å². The molecule has 0 unspecified atom stereocenters. The molecule has 0 aliphatic carbocycles. The van der Waals surface area contributed by atoms with Gasteiger partial charge in [0, 0.05) is 21.7 Å². The third-order valence-electron chi connectivity index (χ3n) is 4.60. The number of benzene rings is 1. The van der Waals surface area contributed by atoms with E-state index >= 15 is 0 Å². The second-order valence-electron chi connectivity index (χ2n) is 5.98. The number of hydrogen-bond donors (Lipinski definition) is 0. The van der Waals surface area contributed by atoms with Gasteiger partial charge in [-0.05, 0) is 62.4 Å². The van der Waals surface area contributed by atoms with Crippen molar-refractivity contribution >= 4 is 27.0 Å². The lowest BCUT2D eigenvalue weighted by atomic mass is 10.0. The SMILES string of the molecule is CCc1cc(Br)cc(CC)c1-n1c(C)c(C)c2cnc(C)nc21. The van der Waals surface area contributed by atoms with Gasteiger partial charge in [-0.15, -0.1) is 0 Å². The average Bonchev–Trinajstić information content (AvgIpc) is 2.77. The summed E-state index contributed by atoms with van der Waals surface area (Å²) in [5.74, 6) is 0.810. The Morgan fingerprint density at radius 3 is 2.22 bits per heavy atom. The minimum absolute atomic E-state index is 0.810. The minimum atomic E-state index is 0.810. The average molecular weight is 372 g/mol. The summed E-state index contributed by atoms with van der Waals surface area (Å²) in [6.07, 6.45) is 3.93. The molecule has 2 aromatic heterocycles. The Morgan fingerprint density at radius 2 is 1.65 bits per heavy atom. The Hall–Kier alpha value is -1.68. The van der Waals surface area contributed by atoms with E-state index in [1.165, 1.54) is 28.1 Å². The van der Waals surface area contributed by atoms with Crippen molar-refractivity contribution in [3.05, 3.63) is 51.0 Å². The molecule has 0 saturated heterocycles. The standard InChI is InChI=1S/C19H22BrN3/c1-6-14-8-16(20)9-15(7-2)18(14)23-12(4)11(3)17-10-21-13(5)22-19(17)23/h8-10H,6-7H2,1-5H3. The van der Waals surface area contributed by atoms with Crippen molar-refractivity contribution in [1.29, 1.82) is 0 Å². The van der Waals surface area contributed by atoms with Crippen LogP contribution in [-0.4, -0.2) is 14.5 Å². The predicted molar refractivity (Wildman–Crippen MR) is 99.5 cm³/mol. The zero-order valence-corrected chi connectivity index (χ0v) is 16.0. The van der Waals surface area contributed by atoms with E-state index in [-0.39, 0.29) is 0 Å². The largest absolute Gasteiger partial charge is 0.298 e. The maximum absolute atomic E-state index is 4.75. The Morgan fingerprint density at radius 1 is 1.04 bits per heavy atom. The second kappa shape index (κ2) is 6.08. The lowest BCUT2D eigenvalue weighted by molar-refractivity contribution is 0.937. The van der Waals surface area contributed by atoms with Crippen LogP contribution in [-0.2, 0) is 12.8 Å². The van der Waals surface area contributed by atoms with E-state index in [1.54, 1.807) is 0 Å². The van der Waals surface area contributed by atoms with Gasteiger partial charge in [-0.25, -0.2) is 9.97 Å². The summed E-state index contributed by atoms with van der Waals surface area (Å²) in [4.78, 5) is 9.13. The van der Waals surface area contributed by atoms with Crippen LogP contribution < -0.4 is 0 Å². The number of aromatic nitrogens is 3. The molecule has 0 bridgehead atoms. The molecule has 0 aliphatic rings. The Balaban J connectivity index is 2.46. The van der Waals surface area contributed by atoms with Crippen molar-refractivity contribution in [3.8, 4) is 5.69 Å². The number of halogens is 1. The molecule has 0 radical (unpaired) electrons. The number of fused-ring (bicyclic) bond motifs is 1.